The smallest absolute Gasteiger partial charge is 0.0867 e. The number of anilines is 2. The fourth-order valence-electron chi connectivity index (χ4n) is 1.57. The van der Waals surface area contributed by atoms with Crippen LogP contribution >= 0.6 is 22.7 Å². The molecule has 2 aromatic rings. The first-order valence-corrected chi connectivity index (χ1v) is 6.27. The number of aromatic nitrogens is 1. The van der Waals surface area contributed by atoms with Crippen LogP contribution in [0.15, 0.2) is 21.7 Å². The molecule has 0 fully saturated rings. The maximum absolute atomic E-state index is 4.32. The average Bonchev–Trinajstić information content (AvgIpc) is 2.88. The van der Waals surface area contributed by atoms with Crippen LogP contribution in [0.1, 0.15) is 11.7 Å². The van der Waals surface area contributed by atoms with Crippen molar-refractivity contribution in [1.82, 2.24) is 4.98 Å². The van der Waals surface area contributed by atoms with Gasteiger partial charge in [-0.2, -0.15) is 0 Å². The molecule has 1 atom stereocenters. The maximum atomic E-state index is 4.32. The van der Waals surface area contributed by atoms with Crippen molar-refractivity contribution >= 4 is 34.0 Å². The summed E-state index contributed by atoms with van der Waals surface area (Å²) in [6.45, 7) is 0.910. The van der Waals surface area contributed by atoms with Crippen molar-refractivity contribution in [3.8, 4) is 0 Å². The van der Waals surface area contributed by atoms with Crippen molar-refractivity contribution < 1.29 is 0 Å². The molecular formula is C9H9N3S2. The first kappa shape index (κ1) is 8.26. The summed E-state index contributed by atoms with van der Waals surface area (Å²) in [4.78, 5) is 4.32. The fraction of sp³-hybridized carbons (Fsp3) is 0.222. The van der Waals surface area contributed by atoms with Crippen LogP contribution in [0.25, 0.3) is 0 Å². The minimum Gasteiger partial charge on any atom is -0.380 e. The molecule has 0 amide bonds. The molecule has 1 aliphatic rings. The van der Waals surface area contributed by atoms with Gasteiger partial charge in [-0.3, -0.25) is 0 Å². The Kier molecular flexibility index (Phi) is 1.92. The van der Waals surface area contributed by atoms with E-state index in [1.54, 1.807) is 22.7 Å². The number of rotatable bonds is 1. The summed E-state index contributed by atoms with van der Waals surface area (Å²) in [7, 11) is 0. The molecule has 1 aliphatic heterocycles. The summed E-state index contributed by atoms with van der Waals surface area (Å²) >= 11 is 3.35. The van der Waals surface area contributed by atoms with Crippen LogP contribution in [0.4, 0.5) is 11.4 Å². The summed E-state index contributed by atoms with van der Waals surface area (Å²) in [6, 6.07) is 0.309. The molecule has 0 saturated carbocycles. The molecular weight excluding hydrogens is 214 g/mol. The Balaban J connectivity index is 1.88. The van der Waals surface area contributed by atoms with Crippen molar-refractivity contribution in [2.24, 2.45) is 0 Å². The van der Waals surface area contributed by atoms with E-state index in [1.807, 2.05) is 5.51 Å². The average molecular weight is 223 g/mol. The van der Waals surface area contributed by atoms with Gasteiger partial charge >= 0.3 is 0 Å². The molecule has 0 saturated heterocycles. The van der Waals surface area contributed by atoms with Crippen LogP contribution < -0.4 is 10.6 Å². The van der Waals surface area contributed by atoms with Crippen molar-refractivity contribution in [2.45, 2.75) is 6.04 Å². The molecule has 0 bridgehead atoms. The number of thiazole rings is 1. The molecule has 3 heterocycles. The molecule has 3 nitrogen and oxygen atoms in total. The van der Waals surface area contributed by atoms with E-state index in [-0.39, 0.29) is 0 Å². The fourth-order valence-corrected chi connectivity index (χ4v) is 2.92. The normalized spacial score (nSPS) is 19.6. The van der Waals surface area contributed by atoms with Gasteiger partial charge in [0.1, 0.15) is 0 Å². The van der Waals surface area contributed by atoms with E-state index in [2.05, 4.69) is 31.8 Å². The Morgan fingerprint density at radius 1 is 1.21 bits per heavy atom. The van der Waals surface area contributed by atoms with E-state index < -0.39 is 0 Å². The standard InChI is InChI=1S/C9H9N3S2/c1-6(7-3-14-5-11-7)12-9-4-13-2-8(9)10-1/h2-6,10,12H,1H2. The Morgan fingerprint density at radius 3 is 3.00 bits per heavy atom. The quantitative estimate of drug-likeness (QED) is 0.780. The molecule has 72 valence electrons. The molecule has 2 N–H and O–H groups in total. The summed E-state index contributed by atoms with van der Waals surface area (Å²) in [5, 5.41) is 13.2. The summed E-state index contributed by atoms with van der Waals surface area (Å²) < 4.78 is 0. The van der Waals surface area contributed by atoms with Gasteiger partial charge in [0.05, 0.1) is 28.6 Å². The van der Waals surface area contributed by atoms with Crippen LogP contribution in [0.3, 0.4) is 0 Å². The SMILES string of the molecule is c1nc(C2CNc3cscc3N2)cs1. The Bertz CT molecular complexity index is 421. The number of hydrogen-bond donors (Lipinski definition) is 2. The van der Waals surface area contributed by atoms with Crippen LogP contribution in [0.5, 0.6) is 0 Å². The first-order chi connectivity index (χ1) is 6.93. The zero-order valence-corrected chi connectivity index (χ0v) is 8.99. The highest BCUT2D eigenvalue weighted by atomic mass is 32.1. The second-order valence-electron chi connectivity index (χ2n) is 3.19. The van der Waals surface area contributed by atoms with Crippen molar-refractivity contribution in [3.05, 3.63) is 27.3 Å². The number of nitrogens with one attached hydrogen (secondary N) is 2. The van der Waals surface area contributed by atoms with Crippen LogP contribution in [-0.2, 0) is 0 Å². The van der Waals surface area contributed by atoms with E-state index in [1.165, 1.54) is 11.4 Å². The predicted octanol–water partition coefficient (Wildman–Crippen LogP) is 2.78. The van der Waals surface area contributed by atoms with E-state index >= 15 is 0 Å². The second-order valence-corrected chi connectivity index (χ2v) is 4.65. The lowest BCUT2D eigenvalue weighted by Gasteiger charge is -2.24. The van der Waals surface area contributed by atoms with Gasteiger partial charge < -0.3 is 10.6 Å². The molecule has 5 heteroatoms. The highest BCUT2D eigenvalue weighted by Crippen LogP contribution is 2.34. The number of hydrogen-bond acceptors (Lipinski definition) is 5. The van der Waals surface area contributed by atoms with Crippen molar-refractivity contribution in [2.75, 3.05) is 17.2 Å². The minimum absolute atomic E-state index is 0.309. The largest absolute Gasteiger partial charge is 0.380 e. The molecule has 0 aliphatic carbocycles. The molecule has 0 radical (unpaired) electrons. The maximum Gasteiger partial charge on any atom is 0.0867 e. The third-order valence-corrected chi connectivity index (χ3v) is 3.65. The highest BCUT2D eigenvalue weighted by Gasteiger charge is 2.20. The molecule has 1 unspecified atom stereocenters. The monoisotopic (exact) mass is 223 g/mol. The highest BCUT2D eigenvalue weighted by molar-refractivity contribution is 7.09. The van der Waals surface area contributed by atoms with Gasteiger partial charge in [0.2, 0.25) is 0 Å². The summed E-state index contributed by atoms with van der Waals surface area (Å²) in [5.41, 5.74) is 5.40. The molecule has 2 aromatic heterocycles. The van der Waals surface area contributed by atoms with Gasteiger partial charge in [0, 0.05) is 22.7 Å². The zero-order chi connectivity index (χ0) is 9.38. The molecule has 14 heavy (non-hydrogen) atoms. The van der Waals surface area contributed by atoms with E-state index in [9.17, 15) is 0 Å². The van der Waals surface area contributed by atoms with Gasteiger partial charge in [0.25, 0.3) is 0 Å². The first-order valence-electron chi connectivity index (χ1n) is 4.38. The Labute approximate surface area is 89.8 Å². The third-order valence-electron chi connectivity index (χ3n) is 2.30. The van der Waals surface area contributed by atoms with Crippen LogP contribution in [-0.4, -0.2) is 11.5 Å². The zero-order valence-electron chi connectivity index (χ0n) is 7.36. The molecule has 0 aromatic carbocycles. The van der Waals surface area contributed by atoms with Crippen molar-refractivity contribution in [1.29, 1.82) is 0 Å². The van der Waals surface area contributed by atoms with Crippen LogP contribution in [0, 0.1) is 0 Å². The van der Waals surface area contributed by atoms with Crippen molar-refractivity contribution in [3.63, 3.8) is 0 Å². The Morgan fingerprint density at radius 2 is 2.14 bits per heavy atom. The Hall–Kier alpha value is -1.07. The van der Waals surface area contributed by atoms with Gasteiger partial charge in [-0.25, -0.2) is 4.98 Å². The lowest BCUT2D eigenvalue weighted by atomic mass is 10.1. The third kappa shape index (κ3) is 1.29. The lowest BCUT2D eigenvalue weighted by Crippen LogP contribution is -2.25. The second kappa shape index (κ2) is 3.25. The van der Waals surface area contributed by atoms with Gasteiger partial charge in [0.15, 0.2) is 0 Å². The topological polar surface area (TPSA) is 37.0 Å². The van der Waals surface area contributed by atoms with E-state index in [0.717, 1.165) is 12.2 Å². The van der Waals surface area contributed by atoms with E-state index in [0.29, 0.717) is 6.04 Å². The van der Waals surface area contributed by atoms with E-state index in [4.69, 9.17) is 0 Å². The summed E-state index contributed by atoms with van der Waals surface area (Å²) in [6.07, 6.45) is 0. The predicted molar refractivity (Wildman–Crippen MR) is 61.3 cm³/mol. The van der Waals surface area contributed by atoms with Crippen LogP contribution in [0.2, 0.25) is 0 Å². The number of nitrogens with zero attached hydrogens (tertiary/aromatic N) is 1. The summed E-state index contributed by atoms with van der Waals surface area (Å²) in [5.74, 6) is 0. The van der Waals surface area contributed by atoms with Gasteiger partial charge in [-0.05, 0) is 0 Å². The molecule has 3 rings (SSSR count). The number of fused-ring (bicyclic) bond motifs is 1. The minimum atomic E-state index is 0.309. The van der Waals surface area contributed by atoms with Gasteiger partial charge in [-0.15, -0.1) is 22.7 Å². The lowest BCUT2D eigenvalue weighted by molar-refractivity contribution is 0.781. The molecule has 0 spiro atoms. The number of thiophene rings is 1. The van der Waals surface area contributed by atoms with Gasteiger partial charge in [-0.1, -0.05) is 0 Å².